The van der Waals surface area contributed by atoms with Gasteiger partial charge in [0.25, 0.3) is 11.8 Å². The number of pyridine rings is 1. The molecule has 0 aliphatic carbocycles. The minimum atomic E-state index is -1.40. The number of rotatable bonds is 8. The molecule has 36 heavy (non-hydrogen) atoms. The number of hydrogen-bond acceptors (Lipinski definition) is 6. The number of benzodiazepines with no additional fused rings is 1. The highest BCUT2D eigenvalue weighted by molar-refractivity contribution is 6.42. The summed E-state index contributed by atoms with van der Waals surface area (Å²) in [6, 6.07) is 12.9. The maximum Gasteiger partial charge on any atom is 0.269 e. The van der Waals surface area contributed by atoms with Crippen LogP contribution in [0.2, 0.25) is 10.0 Å². The second-order valence-electron chi connectivity index (χ2n) is 7.54. The van der Waals surface area contributed by atoms with Crippen molar-refractivity contribution in [2.45, 2.75) is 13.1 Å². The molecular formula is C25H21Cl2FN4O4. The zero-order chi connectivity index (χ0) is 25.7. The highest BCUT2D eigenvalue weighted by atomic mass is 35.5. The molecule has 0 saturated heterocycles. The predicted molar refractivity (Wildman–Crippen MR) is 135 cm³/mol. The molecule has 1 aromatic heterocycles. The summed E-state index contributed by atoms with van der Waals surface area (Å²) in [7, 11) is 0. The number of benzene rings is 2. The van der Waals surface area contributed by atoms with E-state index in [0.717, 1.165) is 12.3 Å². The molecule has 1 aliphatic heterocycles. The number of fused-ring (bicyclic) bond motifs is 1. The molecule has 2 aromatic carbocycles. The molecule has 3 aromatic rings. The van der Waals surface area contributed by atoms with Gasteiger partial charge in [0.1, 0.15) is 18.0 Å². The lowest BCUT2D eigenvalue weighted by molar-refractivity contribution is -0.117. The molecule has 0 spiro atoms. The average molecular weight is 531 g/mol. The van der Waals surface area contributed by atoms with Gasteiger partial charge in [0.05, 0.1) is 34.2 Å². The highest BCUT2D eigenvalue weighted by Crippen LogP contribution is 2.31. The number of ether oxygens (including phenoxy) is 2. The summed E-state index contributed by atoms with van der Waals surface area (Å²) in [4.78, 5) is 34.6. The van der Waals surface area contributed by atoms with Crippen molar-refractivity contribution in [1.82, 2.24) is 10.3 Å². The van der Waals surface area contributed by atoms with Gasteiger partial charge < -0.3 is 20.1 Å². The second-order valence-corrected chi connectivity index (χ2v) is 8.35. The third-order valence-electron chi connectivity index (χ3n) is 5.15. The Morgan fingerprint density at radius 1 is 1.14 bits per heavy atom. The van der Waals surface area contributed by atoms with Gasteiger partial charge in [-0.1, -0.05) is 47.5 Å². The van der Waals surface area contributed by atoms with Crippen molar-refractivity contribution in [3.8, 4) is 5.88 Å². The molecule has 0 bridgehead atoms. The van der Waals surface area contributed by atoms with Gasteiger partial charge in [0.2, 0.25) is 12.0 Å². The van der Waals surface area contributed by atoms with Gasteiger partial charge in [-0.15, -0.1) is 0 Å². The summed E-state index contributed by atoms with van der Waals surface area (Å²) in [6.45, 7) is 2.67. The minimum Gasteiger partial charge on any atom is -0.475 e. The van der Waals surface area contributed by atoms with Crippen LogP contribution in [0.3, 0.4) is 0 Å². The normalized spacial score (nSPS) is 14.8. The molecule has 1 aliphatic rings. The number of para-hydroxylation sites is 1. The van der Waals surface area contributed by atoms with E-state index in [4.69, 9.17) is 32.7 Å². The number of halogens is 3. The van der Waals surface area contributed by atoms with E-state index < -0.39 is 23.8 Å². The van der Waals surface area contributed by atoms with Crippen LogP contribution < -0.4 is 15.4 Å². The van der Waals surface area contributed by atoms with Crippen LogP contribution in [-0.4, -0.2) is 48.5 Å². The van der Waals surface area contributed by atoms with E-state index in [9.17, 15) is 14.0 Å². The summed E-state index contributed by atoms with van der Waals surface area (Å²) in [5, 5.41) is 5.90. The van der Waals surface area contributed by atoms with E-state index in [-0.39, 0.29) is 24.7 Å². The molecule has 1 unspecified atom stereocenters. The molecule has 2 amide bonds. The van der Waals surface area contributed by atoms with Crippen LogP contribution in [0.4, 0.5) is 10.1 Å². The molecular weight excluding hydrogens is 510 g/mol. The first-order valence-electron chi connectivity index (χ1n) is 11.0. The Balaban J connectivity index is 1.70. The van der Waals surface area contributed by atoms with Crippen molar-refractivity contribution in [2.75, 3.05) is 25.1 Å². The Bertz CT molecular complexity index is 1310. The number of carbonyl (C=O) groups excluding carboxylic acids is 2. The van der Waals surface area contributed by atoms with Crippen molar-refractivity contribution in [3.63, 3.8) is 0 Å². The molecule has 2 heterocycles. The number of hydrogen-bond donors (Lipinski definition) is 2. The zero-order valence-electron chi connectivity index (χ0n) is 19.1. The zero-order valence-corrected chi connectivity index (χ0v) is 20.6. The minimum absolute atomic E-state index is 0.0965. The number of carbonyl (C=O) groups is 2. The lowest BCUT2D eigenvalue weighted by atomic mass is 10.0. The molecule has 0 saturated carbocycles. The molecule has 4 rings (SSSR count). The first-order chi connectivity index (χ1) is 17.4. The van der Waals surface area contributed by atoms with Crippen molar-refractivity contribution in [1.29, 1.82) is 0 Å². The van der Waals surface area contributed by atoms with E-state index in [2.05, 4.69) is 20.6 Å². The molecule has 11 heteroatoms. The van der Waals surface area contributed by atoms with Gasteiger partial charge in [0, 0.05) is 17.7 Å². The maximum atomic E-state index is 14.0. The van der Waals surface area contributed by atoms with Crippen molar-refractivity contribution < 1.29 is 23.5 Å². The Morgan fingerprint density at radius 3 is 2.64 bits per heavy atom. The lowest BCUT2D eigenvalue weighted by Crippen LogP contribution is -2.42. The van der Waals surface area contributed by atoms with Crippen LogP contribution in [0.25, 0.3) is 0 Å². The monoisotopic (exact) mass is 530 g/mol. The summed E-state index contributed by atoms with van der Waals surface area (Å²) >= 11 is 12.9. The van der Waals surface area contributed by atoms with Crippen LogP contribution in [-0.2, 0) is 9.53 Å². The number of anilines is 1. The van der Waals surface area contributed by atoms with Gasteiger partial charge >= 0.3 is 0 Å². The fraction of sp³-hybridized carbons (Fsp3) is 0.200. The summed E-state index contributed by atoms with van der Waals surface area (Å²) in [5.41, 5.74) is 1.52. The summed E-state index contributed by atoms with van der Waals surface area (Å²) in [5.74, 6) is -2.28. The molecule has 8 nitrogen and oxygen atoms in total. The predicted octanol–water partition coefficient (Wildman–Crippen LogP) is 4.49. The van der Waals surface area contributed by atoms with Gasteiger partial charge in [-0.25, -0.2) is 14.4 Å². The van der Waals surface area contributed by atoms with Crippen LogP contribution in [0, 0.1) is 5.82 Å². The Labute approximate surface area is 216 Å². The van der Waals surface area contributed by atoms with Crippen molar-refractivity contribution in [3.05, 3.63) is 87.3 Å². The molecule has 1 atom stereocenters. The molecule has 186 valence electrons. The average Bonchev–Trinajstić information content (AvgIpc) is 2.99. The third kappa shape index (κ3) is 5.64. The van der Waals surface area contributed by atoms with Gasteiger partial charge in [0.15, 0.2) is 0 Å². The fourth-order valence-electron chi connectivity index (χ4n) is 3.53. The number of amides is 2. The number of nitrogens with zero attached hydrogens (tertiary/aromatic N) is 2. The van der Waals surface area contributed by atoms with E-state index >= 15 is 0 Å². The van der Waals surface area contributed by atoms with E-state index in [1.165, 1.54) is 0 Å². The SMILES string of the molecule is CCOCCOc1ncc(F)cc1C(=O)NC1N=C(c2c(Cl)cccc2Cl)c2ccccc2NC1=O. The Kier molecular flexibility index (Phi) is 8.14. The standard InChI is InChI=1S/C25H21Cl2FN4O4/c1-2-35-10-11-36-25-16(12-14(28)13-29-25)23(33)32-22-24(34)30-19-9-4-3-6-15(19)21(31-22)20-17(26)7-5-8-18(20)27/h3-9,12-13,22H,2,10-11H2,1H3,(H,30,34)(H,32,33). The quantitative estimate of drug-likeness (QED) is 0.418. The summed E-state index contributed by atoms with van der Waals surface area (Å²) in [6.07, 6.45) is -0.468. The van der Waals surface area contributed by atoms with Gasteiger partial charge in [-0.3, -0.25) is 9.59 Å². The topological polar surface area (TPSA) is 102 Å². The van der Waals surface area contributed by atoms with Crippen molar-refractivity contribution in [2.24, 2.45) is 4.99 Å². The highest BCUT2D eigenvalue weighted by Gasteiger charge is 2.30. The first-order valence-corrected chi connectivity index (χ1v) is 11.7. The molecule has 0 fully saturated rings. The van der Waals surface area contributed by atoms with E-state index in [1.807, 2.05) is 6.92 Å². The molecule has 0 radical (unpaired) electrons. The van der Waals surface area contributed by atoms with Crippen LogP contribution in [0.5, 0.6) is 5.88 Å². The fourth-order valence-corrected chi connectivity index (χ4v) is 4.10. The largest absolute Gasteiger partial charge is 0.475 e. The van der Waals surface area contributed by atoms with Crippen LogP contribution >= 0.6 is 23.2 Å². The van der Waals surface area contributed by atoms with Crippen LogP contribution in [0.1, 0.15) is 28.4 Å². The molecule has 2 N–H and O–H groups in total. The Morgan fingerprint density at radius 2 is 1.89 bits per heavy atom. The maximum absolute atomic E-state index is 14.0. The lowest BCUT2D eigenvalue weighted by Gasteiger charge is -2.15. The third-order valence-corrected chi connectivity index (χ3v) is 5.78. The first kappa shape index (κ1) is 25.6. The van der Waals surface area contributed by atoms with E-state index in [0.29, 0.717) is 39.2 Å². The number of aliphatic imine (C=N–C) groups is 1. The summed E-state index contributed by atoms with van der Waals surface area (Å²) < 4.78 is 24.7. The van der Waals surface area contributed by atoms with Crippen LogP contribution in [0.15, 0.2) is 59.7 Å². The van der Waals surface area contributed by atoms with E-state index in [1.54, 1.807) is 42.5 Å². The van der Waals surface area contributed by atoms with Gasteiger partial charge in [-0.2, -0.15) is 0 Å². The number of aromatic nitrogens is 1. The Hall–Kier alpha value is -3.53. The van der Waals surface area contributed by atoms with Crippen molar-refractivity contribution >= 4 is 46.4 Å². The number of nitrogens with one attached hydrogen (secondary N) is 2. The smallest absolute Gasteiger partial charge is 0.269 e. The van der Waals surface area contributed by atoms with Gasteiger partial charge in [-0.05, 0) is 31.2 Å². The second kappa shape index (κ2) is 11.5.